The van der Waals surface area contributed by atoms with Crippen molar-refractivity contribution in [1.82, 2.24) is 14.5 Å². The molecule has 2 aromatic heterocycles. The second-order valence-corrected chi connectivity index (χ2v) is 4.70. The summed E-state index contributed by atoms with van der Waals surface area (Å²) in [7, 11) is 0. The van der Waals surface area contributed by atoms with Crippen LogP contribution in [-0.2, 0) is 16.1 Å². The number of fused-ring (bicyclic) bond motifs is 1. The van der Waals surface area contributed by atoms with Crippen molar-refractivity contribution in [3.05, 3.63) is 22.6 Å². The van der Waals surface area contributed by atoms with Crippen LogP contribution in [0.3, 0.4) is 0 Å². The lowest BCUT2D eigenvalue weighted by atomic mass is 10.3. The van der Waals surface area contributed by atoms with Gasteiger partial charge in [-0.15, -0.1) is 0 Å². The molecule has 5 nitrogen and oxygen atoms in total. The number of aromatic nitrogens is 3. The molecule has 0 saturated carbocycles. The molecule has 0 amide bonds. The molecule has 19 heavy (non-hydrogen) atoms. The molecular formula is C13H17N3O2S. The zero-order valence-electron chi connectivity index (χ0n) is 11.1. The third-order valence-electron chi connectivity index (χ3n) is 2.82. The van der Waals surface area contributed by atoms with Crippen LogP contribution in [0, 0.1) is 11.7 Å². The average molecular weight is 279 g/mol. The molecule has 0 fully saturated rings. The van der Waals surface area contributed by atoms with Crippen LogP contribution in [0.25, 0.3) is 11.2 Å². The Labute approximate surface area is 116 Å². The van der Waals surface area contributed by atoms with Gasteiger partial charge in [-0.1, -0.05) is 0 Å². The van der Waals surface area contributed by atoms with Crippen LogP contribution in [0.2, 0.25) is 0 Å². The summed E-state index contributed by atoms with van der Waals surface area (Å²) in [4.78, 5) is 18.9. The van der Waals surface area contributed by atoms with Gasteiger partial charge >= 0.3 is 5.97 Å². The van der Waals surface area contributed by atoms with Crippen LogP contribution in [0.15, 0.2) is 12.1 Å². The molecule has 0 spiro atoms. The Morgan fingerprint density at radius 1 is 1.53 bits per heavy atom. The van der Waals surface area contributed by atoms with Crippen molar-refractivity contribution in [1.29, 1.82) is 0 Å². The van der Waals surface area contributed by atoms with E-state index >= 15 is 0 Å². The number of pyridine rings is 1. The molecule has 2 rings (SSSR count). The van der Waals surface area contributed by atoms with Gasteiger partial charge in [0.2, 0.25) is 0 Å². The topological polar surface area (TPSA) is 59.9 Å². The quantitative estimate of drug-likeness (QED) is 0.675. The number of hydrogen-bond donors (Lipinski definition) is 1. The normalized spacial score (nSPS) is 10.8. The van der Waals surface area contributed by atoms with Crippen molar-refractivity contribution in [3.63, 3.8) is 0 Å². The molecule has 0 atom stereocenters. The number of aryl methyl sites for hydroxylation is 2. The van der Waals surface area contributed by atoms with Crippen LogP contribution in [-0.4, -0.2) is 27.1 Å². The van der Waals surface area contributed by atoms with Gasteiger partial charge in [0.15, 0.2) is 10.4 Å². The second kappa shape index (κ2) is 5.97. The highest BCUT2D eigenvalue weighted by molar-refractivity contribution is 7.71. The number of esters is 1. The Kier molecular flexibility index (Phi) is 4.31. The molecule has 0 unspecified atom stereocenters. The van der Waals surface area contributed by atoms with Crippen molar-refractivity contribution in [2.75, 3.05) is 6.61 Å². The van der Waals surface area contributed by atoms with E-state index in [1.165, 1.54) is 0 Å². The number of ether oxygens (including phenoxy) is 1. The van der Waals surface area contributed by atoms with Crippen molar-refractivity contribution in [2.24, 2.45) is 0 Å². The number of nitrogens with one attached hydrogen (secondary N) is 1. The first-order valence-electron chi connectivity index (χ1n) is 6.33. The number of nitrogens with zero attached hydrogens (tertiary/aromatic N) is 2. The maximum atomic E-state index is 11.3. The molecule has 2 aromatic rings. The SMILES string of the molecule is CCOC(=O)CCCn1c(=S)[nH]c2ccc(C)nc21. The fourth-order valence-corrected chi connectivity index (χ4v) is 2.24. The standard InChI is InChI=1S/C13H17N3O2S/c1-3-18-11(17)5-4-8-16-12-10(15-13(16)19)7-6-9(2)14-12/h6-7H,3-5,8H2,1-2H3,(H,15,19). The smallest absolute Gasteiger partial charge is 0.305 e. The highest BCUT2D eigenvalue weighted by Gasteiger charge is 2.07. The number of H-pyrrole nitrogens is 1. The lowest BCUT2D eigenvalue weighted by Crippen LogP contribution is -2.07. The zero-order chi connectivity index (χ0) is 13.8. The van der Waals surface area contributed by atoms with Crippen LogP contribution in [0.1, 0.15) is 25.5 Å². The van der Waals surface area contributed by atoms with Gasteiger partial charge < -0.3 is 14.3 Å². The number of hydrogen-bond acceptors (Lipinski definition) is 4. The number of rotatable bonds is 5. The van der Waals surface area contributed by atoms with Gasteiger partial charge in [-0.2, -0.15) is 0 Å². The molecule has 0 radical (unpaired) electrons. The minimum Gasteiger partial charge on any atom is -0.466 e. The van der Waals surface area contributed by atoms with Crippen LogP contribution in [0.4, 0.5) is 0 Å². The summed E-state index contributed by atoms with van der Waals surface area (Å²) in [6.07, 6.45) is 1.09. The first-order chi connectivity index (χ1) is 9.11. The summed E-state index contributed by atoms with van der Waals surface area (Å²) in [5.74, 6) is -0.169. The Hall–Kier alpha value is -1.69. The van der Waals surface area contributed by atoms with Crippen molar-refractivity contribution in [2.45, 2.75) is 33.2 Å². The third kappa shape index (κ3) is 3.20. The molecule has 1 N–H and O–H groups in total. The Morgan fingerprint density at radius 3 is 3.05 bits per heavy atom. The van der Waals surface area contributed by atoms with E-state index in [1.54, 1.807) is 6.92 Å². The summed E-state index contributed by atoms with van der Waals surface area (Å²) in [5.41, 5.74) is 2.71. The molecule has 0 aliphatic carbocycles. The molecule has 0 aromatic carbocycles. The van der Waals surface area contributed by atoms with Crippen LogP contribution >= 0.6 is 12.2 Å². The minimum atomic E-state index is -0.169. The number of aromatic amines is 1. The molecule has 0 saturated heterocycles. The average Bonchev–Trinajstić information content (AvgIpc) is 2.66. The van der Waals surface area contributed by atoms with E-state index in [-0.39, 0.29) is 5.97 Å². The summed E-state index contributed by atoms with van der Waals surface area (Å²) >= 11 is 5.28. The van der Waals surface area contributed by atoms with Crippen LogP contribution < -0.4 is 0 Å². The van der Waals surface area contributed by atoms with E-state index in [1.807, 2.05) is 23.6 Å². The predicted molar refractivity (Wildman–Crippen MR) is 75.5 cm³/mol. The van der Waals surface area contributed by atoms with E-state index in [0.29, 0.717) is 30.8 Å². The largest absolute Gasteiger partial charge is 0.466 e. The lowest BCUT2D eigenvalue weighted by Gasteiger charge is -2.04. The summed E-state index contributed by atoms with van der Waals surface area (Å²) in [5, 5.41) is 0. The first-order valence-corrected chi connectivity index (χ1v) is 6.74. The van der Waals surface area contributed by atoms with Crippen molar-refractivity contribution >= 4 is 29.4 Å². The third-order valence-corrected chi connectivity index (χ3v) is 3.15. The Bertz CT molecular complexity index is 645. The zero-order valence-corrected chi connectivity index (χ0v) is 11.9. The molecular weight excluding hydrogens is 262 g/mol. The van der Waals surface area contributed by atoms with Gasteiger partial charge in [0.25, 0.3) is 0 Å². The lowest BCUT2D eigenvalue weighted by molar-refractivity contribution is -0.143. The van der Waals surface area contributed by atoms with Gasteiger partial charge in [0, 0.05) is 18.7 Å². The number of carbonyl (C=O) groups is 1. The van der Waals surface area contributed by atoms with Gasteiger partial charge in [0.1, 0.15) is 0 Å². The Morgan fingerprint density at radius 2 is 2.32 bits per heavy atom. The predicted octanol–water partition coefficient (Wildman–Crippen LogP) is 2.75. The number of imidazole rings is 1. The maximum absolute atomic E-state index is 11.3. The van der Waals surface area contributed by atoms with Gasteiger partial charge in [-0.05, 0) is 44.6 Å². The van der Waals surface area contributed by atoms with E-state index in [2.05, 4.69) is 9.97 Å². The van der Waals surface area contributed by atoms with Crippen molar-refractivity contribution in [3.8, 4) is 0 Å². The van der Waals surface area contributed by atoms with Crippen molar-refractivity contribution < 1.29 is 9.53 Å². The molecule has 0 aliphatic rings. The number of carbonyl (C=O) groups excluding carboxylic acids is 1. The van der Waals surface area contributed by atoms with E-state index in [0.717, 1.165) is 16.9 Å². The Balaban J connectivity index is 2.12. The molecule has 102 valence electrons. The van der Waals surface area contributed by atoms with Crippen LogP contribution in [0.5, 0.6) is 0 Å². The summed E-state index contributed by atoms with van der Waals surface area (Å²) in [6, 6.07) is 3.91. The summed E-state index contributed by atoms with van der Waals surface area (Å²) < 4.78 is 7.46. The van der Waals surface area contributed by atoms with Gasteiger partial charge in [-0.25, -0.2) is 4.98 Å². The molecule has 2 heterocycles. The fourth-order valence-electron chi connectivity index (χ4n) is 1.95. The molecule has 0 bridgehead atoms. The molecule has 0 aliphatic heterocycles. The summed E-state index contributed by atoms with van der Waals surface area (Å²) in [6.45, 7) is 4.83. The maximum Gasteiger partial charge on any atom is 0.305 e. The second-order valence-electron chi connectivity index (χ2n) is 4.31. The first kappa shape index (κ1) is 13.7. The highest BCUT2D eigenvalue weighted by atomic mass is 32.1. The molecule has 6 heteroatoms. The fraction of sp³-hybridized carbons (Fsp3) is 0.462. The van der Waals surface area contributed by atoms with Gasteiger partial charge in [0.05, 0.1) is 12.1 Å². The van der Waals surface area contributed by atoms with Gasteiger partial charge in [-0.3, -0.25) is 4.79 Å². The van der Waals surface area contributed by atoms with E-state index < -0.39 is 0 Å². The van der Waals surface area contributed by atoms with E-state index in [9.17, 15) is 4.79 Å². The highest BCUT2D eigenvalue weighted by Crippen LogP contribution is 2.13. The monoisotopic (exact) mass is 279 g/mol. The minimum absolute atomic E-state index is 0.169. The van der Waals surface area contributed by atoms with E-state index in [4.69, 9.17) is 17.0 Å².